The quantitative estimate of drug-likeness (QED) is 0.856. The van der Waals surface area contributed by atoms with Crippen molar-refractivity contribution in [3.63, 3.8) is 0 Å². The molecule has 7 heteroatoms. The molecule has 0 saturated carbocycles. The predicted molar refractivity (Wildman–Crippen MR) is 60.3 cm³/mol. The van der Waals surface area contributed by atoms with Gasteiger partial charge in [0.2, 0.25) is 9.84 Å². The van der Waals surface area contributed by atoms with Gasteiger partial charge in [-0.15, -0.1) is 0 Å². The minimum atomic E-state index is -4.57. The minimum absolute atomic E-state index is 0.0585. The van der Waals surface area contributed by atoms with E-state index in [1.807, 2.05) is 0 Å². The summed E-state index contributed by atoms with van der Waals surface area (Å²) in [5.41, 5.74) is 4.77. The first-order valence-electron chi connectivity index (χ1n) is 5.07. The maximum atomic E-state index is 12.5. The van der Waals surface area contributed by atoms with Gasteiger partial charge in [0.15, 0.2) is 0 Å². The third-order valence-electron chi connectivity index (χ3n) is 2.69. The Kier molecular flexibility index (Phi) is 2.78. The first-order chi connectivity index (χ1) is 8.14. The average Bonchev–Trinajstić information content (AvgIpc) is 2.49. The topological polar surface area (TPSA) is 60.2 Å². The van der Waals surface area contributed by atoms with Crippen LogP contribution in [0.15, 0.2) is 28.0 Å². The molecular formula is C11H10F3NO2S. The highest BCUT2D eigenvalue weighted by Gasteiger charge is 2.36. The second-order valence-corrected chi connectivity index (χ2v) is 6.01. The molecule has 1 aliphatic rings. The molecule has 0 fully saturated rings. The maximum absolute atomic E-state index is 12.5. The highest BCUT2D eigenvalue weighted by atomic mass is 32.2. The molecule has 1 aliphatic heterocycles. The van der Waals surface area contributed by atoms with Crippen LogP contribution in [0.3, 0.4) is 0 Å². The molecule has 0 radical (unpaired) electrons. The van der Waals surface area contributed by atoms with Crippen molar-refractivity contribution in [3.8, 4) is 0 Å². The third kappa shape index (κ3) is 1.93. The lowest BCUT2D eigenvalue weighted by Gasteiger charge is -2.09. The third-order valence-corrected chi connectivity index (χ3v) is 4.73. The van der Waals surface area contributed by atoms with Gasteiger partial charge in [-0.2, -0.15) is 13.2 Å². The fraction of sp³-hybridized carbons (Fsp3) is 0.273. The zero-order valence-electron chi connectivity index (χ0n) is 9.32. The van der Waals surface area contributed by atoms with E-state index in [-0.39, 0.29) is 15.4 Å². The maximum Gasteiger partial charge on any atom is 0.416 e. The molecule has 98 valence electrons. The minimum Gasteiger partial charge on any atom is -0.324 e. The van der Waals surface area contributed by atoms with Gasteiger partial charge in [-0.1, -0.05) is 6.07 Å². The molecule has 0 aliphatic carbocycles. The molecular weight excluding hydrogens is 267 g/mol. The van der Waals surface area contributed by atoms with Crippen molar-refractivity contribution in [2.75, 3.05) is 0 Å². The van der Waals surface area contributed by atoms with Crippen LogP contribution in [-0.4, -0.2) is 14.5 Å². The Bertz CT molecular complexity index is 630. The van der Waals surface area contributed by atoms with Crippen molar-refractivity contribution >= 4 is 15.9 Å². The van der Waals surface area contributed by atoms with Gasteiger partial charge in [-0.25, -0.2) is 8.42 Å². The number of fused-ring (bicyclic) bond motifs is 1. The van der Waals surface area contributed by atoms with Crippen molar-refractivity contribution in [2.45, 2.75) is 24.0 Å². The zero-order valence-corrected chi connectivity index (χ0v) is 10.1. The van der Waals surface area contributed by atoms with Crippen LogP contribution in [0.2, 0.25) is 0 Å². The zero-order chi connectivity index (χ0) is 13.7. The van der Waals surface area contributed by atoms with E-state index in [1.165, 1.54) is 13.0 Å². The van der Waals surface area contributed by atoms with Crippen molar-refractivity contribution in [2.24, 2.45) is 5.73 Å². The normalized spacial score (nSPS) is 19.3. The summed E-state index contributed by atoms with van der Waals surface area (Å²) in [4.78, 5) is -0.388. The van der Waals surface area contributed by atoms with Gasteiger partial charge < -0.3 is 5.73 Å². The summed E-state index contributed by atoms with van der Waals surface area (Å²) in [6, 6.07) is 1.90. The number of hydrogen-bond acceptors (Lipinski definition) is 3. The van der Waals surface area contributed by atoms with Crippen LogP contribution in [0.4, 0.5) is 13.2 Å². The predicted octanol–water partition coefficient (Wildman–Crippen LogP) is 2.18. The summed E-state index contributed by atoms with van der Waals surface area (Å²) in [7, 11) is -3.89. The van der Waals surface area contributed by atoms with Crippen molar-refractivity contribution in [1.29, 1.82) is 0 Å². The van der Waals surface area contributed by atoms with E-state index in [1.54, 1.807) is 0 Å². The summed E-state index contributed by atoms with van der Waals surface area (Å²) in [5.74, 6) is 0. The summed E-state index contributed by atoms with van der Waals surface area (Å²) in [5, 5.41) is 0. The van der Waals surface area contributed by atoms with E-state index in [2.05, 4.69) is 0 Å². The van der Waals surface area contributed by atoms with E-state index >= 15 is 0 Å². The molecule has 2 N–H and O–H groups in total. The van der Waals surface area contributed by atoms with Crippen LogP contribution in [-0.2, 0) is 16.0 Å². The van der Waals surface area contributed by atoms with Crippen LogP contribution in [0.25, 0.3) is 6.08 Å². The molecule has 1 aromatic rings. The molecule has 0 spiro atoms. The van der Waals surface area contributed by atoms with E-state index in [9.17, 15) is 21.6 Å². The second kappa shape index (κ2) is 3.83. The Morgan fingerprint density at radius 1 is 1.28 bits per heavy atom. The number of nitrogens with two attached hydrogens (primary N) is 1. The Labute approximate surface area is 102 Å². The van der Waals surface area contributed by atoms with E-state index in [0.29, 0.717) is 6.07 Å². The smallest absolute Gasteiger partial charge is 0.324 e. The molecule has 1 atom stereocenters. The monoisotopic (exact) mass is 277 g/mol. The molecule has 0 aromatic heterocycles. The van der Waals surface area contributed by atoms with Crippen LogP contribution in [0, 0.1) is 0 Å². The lowest BCUT2D eigenvalue weighted by molar-refractivity contribution is -0.137. The van der Waals surface area contributed by atoms with Crippen LogP contribution < -0.4 is 5.73 Å². The van der Waals surface area contributed by atoms with Gasteiger partial charge in [-0.05, 0) is 30.7 Å². The van der Waals surface area contributed by atoms with Crippen molar-refractivity contribution < 1.29 is 21.6 Å². The lowest BCUT2D eigenvalue weighted by atomic mass is 10.1. The highest BCUT2D eigenvalue weighted by molar-refractivity contribution is 7.96. The molecule has 1 aromatic carbocycles. The highest BCUT2D eigenvalue weighted by Crippen LogP contribution is 2.38. The summed E-state index contributed by atoms with van der Waals surface area (Å²) in [6.07, 6.45) is -3.25. The first-order valence-corrected chi connectivity index (χ1v) is 6.56. The number of sulfone groups is 1. The summed E-state index contributed by atoms with van der Waals surface area (Å²) < 4.78 is 61.6. The number of rotatable bonds is 1. The van der Waals surface area contributed by atoms with E-state index in [0.717, 1.165) is 12.1 Å². The van der Waals surface area contributed by atoms with Crippen LogP contribution in [0.5, 0.6) is 0 Å². The van der Waals surface area contributed by atoms with Gasteiger partial charge in [-0.3, -0.25) is 0 Å². The average molecular weight is 277 g/mol. The van der Waals surface area contributed by atoms with Crippen LogP contribution >= 0.6 is 0 Å². The number of benzene rings is 1. The Morgan fingerprint density at radius 3 is 2.39 bits per heavy atom. The molecule has 0 bridgehead atoms. The largest absolute Gasteiger partial charge is 0.416 e. The Hall–Kier alpha value is -1.34. The first kappa shape index (κ1) is 13.1. The molecule has 1 unspecified atom stereocenters. The number of halogens is 3. The molecule has 18 heavy (non-hydrogen) atoms. The fourth-order valence-corrected chi connectivity index (χ4v) is 3.54. The van der Waals surface area contributed by atoms with Gasteiger partial charge in [0.25, 0.3) is 0 Å². The fourth-order valence-electron chi connectivity index (χ4n) is 1.80. The van der Waals surface area contributed by atoms with E-state index in [4.69, 9.17) is 5.73 Å². The molecule has 0 amide bonds. The SMILES string of the molecule is CC(N)C1=Cc2ccc(C(F)(F)F)cc2S1(=O)=O. The Morgan fingerprint density at radius 2 is 1.89 bits per heavy atom. The van der Waals surface area contributed by atoms with Crippen molar-refractivity contribution in [3.05, 3.63) is 34.2 Å². The molecule has 1 heterocycles. The van der Waals surface area contributed by atoms with Gasteiger partial charge in [0, 0.05) is 6.04 Å². The molecule has 0 saturated heterocycles. The van der Waals surface area contributed by atoms with E-state index < -0.39 is 27.6 Å². The summed E-state index contributed by atoms with van der Waals surface area (Å²) >= 11 is 0. The summed E-state index contributed by atoms with van der Waals surface area (Å²) in [6.45, 7) is 1.47. The molecule has 3 nitrogen and oxygen atoms in total. The van der Waals surface area contributed by atoms with Crippen LogP contribution in [0.1, 0.15) is 18.1 Å². The number of alkyl halides is 3. The number of hydrogen-bond donors (Lipinski definition) is 1. The van der Waals surface area contributed by atoms with Crippen molar-refractivity contribution in [1.82, 2.24) is 0 Å². The second-order valence-electron chi connectivity index (χ2n) is 4.09. The van der Waals surface area contributed by atoms with Gasteiger partial charge in [0.1, 0.15) is 0 Å². The van der Waals surface area contributed by atoms with Gasteiger partial charge >= 0.3 is 6.18 Å². The Balaban J connectivity index is 2.62. The standard InChI is InChI=1S/C11H10F3NO2S/c1-6(15)9-4-7-2-3-8(11(12,13)14)5-10(7)18(9,16)17/h2-6H,15H2,1H3. The molecule has 2 rings (SSSR count). The van der Waals surface area contributed by atoms with Gasteiger partial charge in [0.05, 0.1) is 15.4 Å². The lowest BCUT2D eigenvalue weighted by Crippen LogP contribution is -2.22.